The smallest absolute Gasteiger partial charge is 0.457 e. The van der Waals surface area contributed by atoms with Crippen molar-refractivity contribution in [2.75, 3.05) is 33.0 Å². The lowest BCUT2D eigenvalue weighted by Gasteiger charge is -2.20. The van der Waals surface area contributed by atoms with Crippen molar-refractivity contribution in [3.8, 4) is 0 Å². The number of hydrogen-bond acceptors (Lipinski definition) is 7. The monoisotopic (exact) mass is 810 g/mol. The highest BCUT2D eigenvalue weighted by Crippen LogP contribution is 2.43. The summed E-state index contributed by atoms with van der Waals surface area (Å²) in [5.41, 5.74) is 5.37. The quantitative estimate of drug-likeness (QED) is 0.0270. The van der Waals surface area contributed by atoms with Crippen molar-refractivity contribution in [3.05, 3.63) is 48.6 Å². The van der Waals surface area contributed by atoms with E-state index in [0.29, 0.717) is 13.0 Å². The van der Waals surface area contributed by atoms with Gasteiger partial charge in [-0.05, 0) is 70.6 Å². The molecular weight excluding hydrogens is 721 g/mol. The van der Waals surface area contributed by atoms with E-state index in [0.717, 1.165) is 64.2 Å². The molecule has 0 aromatic rings. The minimum atomic E-state index is -4.28. The number of unbranched alkanes of at least 4 members (excludes halogenated alkanes) is 23. The lowest BCUT2D eigenvalue weighted by Crippen LogP contribution is -2.28. The third-order valence-electron chi connectivity index (χ3n) is 9.73. The van der Waals surface area contributed by atoms with Crippen LogP contribution in [0.1, 0.15) is 206 Å². The van der Waals surface area contributed by atoms with E-state index < -0.39 is 13.9 Å². The second-order valence-corrected chi connectivity index (χ2v) is 16.7. The molecule has 0 aromatic heterocycles. The average molecular weight is 810 g/mol. The van der Waals surface area contributed by atoms with Crippen molar-refractivity contribution >= 4 is 13.8 Å². The third kappa shape index (κ3) is 43.6. The normalized spacial score (nSPS) is 13.9. The molecule has 328 valence electrons. The Bertz CT molecular complexity index is 999. The van der Waals surface area contributed by atoms with E-state index in [1.807, 2.05) is 0 Å². The topological polar surface area (TPSA) is 117 Å². The fourth-order valence-corrected chi connectivity index (χ4v) is 7.12. The van der Waals surface area contributed by atoms with Crippen LogP contribution in [0.25, 0.3) is 0 Å². The van der Waals surface area contributed by atoms with Crippen LogP contribution in [0.3, 0.4) is 0 Å². The third-order valence-corrected chi connectivity index (χ3v) is 10.7. The molecule has 0 saturated carbocycles. The molecule has 0 amide bonds. The SMILES string of the molecule is CC/C=C\C/C=C\C/C=C\CCCCCCCCOCC(COP(=O)(O)OCCN)OC(=O)CCCCCCCCCCC/C=C\CCCCCCCCCC. The van der Waals surface area contributed by atoms with Crippen molar-refractivity contribution in [1.82, 2.24) is 0 Å². The predicted molar refractivity (Wildman–Crippen MR) is 238 cm³/mol. The maximum Gasteiger partial charge on any atom is 0.472 e. The van der Waals surface area contributed by atoms with Crippen molar-refractivity contribution < 1.29 is 32.8 Å². The Balaban J connectivity index is 4.00. The molecule has 8 nitrogen and oxygen atoms in total. The Morgan fingerprint density at radius 2 is 1.00 bits per heavy atom. The summed E-state index contributed by atoms with van der Waals surface area (Å²) >= 11 is 0. The van der Waals surface area contributed by atoms with E-state index >= 15 is 0 Å². The molecule has 2 unspecified atom stereocenters. The summed E-state index contributed by atoms with van der Waals surface area (Å²) in [5, 5.41) is 0. The number of rotatable bonds is 44. The van der Waals surface area contributed by atoms with Gasteiger partial charge in [0.25, 0.3) is 0 Å². The summed E-state index contributed by atoms with van der Waals surface area (Å²) in [6.45, 7) is 4.79. The van der Waals surface area contributed by atoms with E-state index in [1.165, 1.54) is 122 Å². The van der Waals surface area contributed by atoms with Gasteiger partial charge in [0, 0.05) is 19.6 Å². The Labute approximate surface area is 345 Å². The zero-order chi connectivity index (χ0) is 40.9. The molecule has 3 N–H and O–H groups in total. The number of ether oxygens (including phenoxy) is 2. The van der Waals surface area contributed by atoms with Gasteiger partial charge in [-0.1, -0.05) is 178 Å². The molecule has 0 aliphatic heterocycles. The largest absolute Gasteiger partial charge is 0.472 e. The summed E-state index contributed by atoms with van der Waals surface area (Å²) in [5.74, 6) is -0.337. The minimum absolute atomic E-state index is 0.0965. The first-order valence-corrected chi connectivity index (χ1v) is 24.6. The molecular formula is C47H88NO7P. The van der Waals surface area contributed by atoms with Crippen molar-refractivity contribution in [2.45, 2.75) is 213 Å². The standard InChI is InChI=1S/C47H88NO7P/c1-3-5-7-9-11-13-15-17-19-21-22-23-24-25-26-28-30-32-34-36-38-40-47(49)55-46(45-54-56(50,51)53-43-41-48)44-52-42-39-37-35-33-31-29-27-20-18-16-14-12-10-8-6-4-2/h6,8,12,14,18,20-22,46H,3-5,7,9-11,13,15-17,19,23-45,48H2,1-2H3,(H,50,51)/b8-6-,14-12-,20-18-,22-21-. The van der Waals surface area contributed by atoms with Crippen LogP contribution in [0.4, 0.5) is 0 Å². The Morgan fingerprint density at radius 1 is 0.554 bits per heavy atom. The minimum Gasteiger partial charge on any atom is -0.457 e. The van der Waals surface area contributed by atoms with Gasteiger partial charge in [-0.2, -0.15) is 0 Å². The molecule has 0 fully saturated rings. The average Bonchev–Trinajstić information content (AvgIpc) is 3.19. The Morgan fingerprint density at radius 3 is 1.52 bits per heavy atom. The molecule has 2 atom stereocenters. The molecule has 0 rings (SSSR count). The van der Waals surface area contributed by atoms with Gasteiger partial charge in [0.2, 0.25) is 0 Å². The van der Waals surface area contributed by atoms with Gasteiger partial charge in [-0.25, -0.2) is 4.57 Å². The number of carbonyl (C=O) groups excluding carboxylic acids is 1. The number of carbonyl (C=O) groups is 1. The summed E-state index contributed by atoms with van der Waals surface area (Å²) in [4.78, 5) is 22.5. The molecule has 0 aliphatic carbocycles. The summed E-state index contributed by atoms with van der Waals surface area (Å²) in [6.07, 6.45) is 52.8. The highest BCUT2D eigenvalue weighted by molar-refractivity contribution is 7.47. The maximum atomic E-state index is 12.6. The lowest BCUT2D eigenvalue weighted by molar-refractivity contribution is -0.154. The number of phosphoric acid groups is 1. The summed E-state index contributed by atoms with van der Waals surface area (Å²) in [6, 6.07) is 0. The van der Waals surface area contributed by atoms with E-state index in [9.17, 15) is 14.3 Å². The molecule has 9 heteroatoms. The van der Waals surface area contributed by atoms with Crippen molar-refractivity contribution in [3.63, 3.8) is 0 Å². The van der Waals surface area contributed by atoms with Gasteiger partial charge in [0.1, 0.15) is 6.10 Å². The van der Waals surface area contributed by atoms with Crippen LogP contribution in [0, 0.1) is 0 Å². The molecule has 56 heavy (non-hydrogen) atoms. The van der Waals surface area contributed by atoms with E-state index in [-0.39, 0.29) is 32.3 Å². The first-order chi connectivity index (χ1) is 27.4. The first kappa shape index (κ1) is 54.5. The number of nitrogens with two attached hydrogens (primary N) is 1. The molecule has 0 bridgehead atoms. The zero-order valence-corrected chi connectivity index (χ0v) is 37.3. The lowest BCUT2D eigenvalue weighted by atomic mass is 10.1. The first-order valence-electron chi connectivity index (χ1n) is 23.1. The predicted octanol–water partition coefficient (Wildman–Crippen LogP) is 14.0. The highest BCUT2D eigenvalue weighted by atomic mass is 31.2. The van der Waals surface area contributed by atoms with Gasteiger partial charge in [-0.3, -0.25) is 13.8 Å². The van der Waals surface area contributed by atoms with Gasteiger partial charge >= 0.3 is 13.8 Å². The number of phosphoric ester groups is 1. The molecule has 0 radical (unpaired) electrons. The highest BCUT2D eigenvalue weighted by Gasteiger charge is 2.25. The fraction of sp³-hybridized carbons (Fsp3) is 0.809. The van der Waals surface area contributed by atoms with E-state index in [2.05, 4.69) is 62.5 Å². The fourth-order valence-electron chi connectivity index (χ4n) is 6.36. The van der Waals surface area contributed by atoms with Crippen LogP contribution in [0.15, 0.2) is 48.6 Å². The number of allylic oxidation sites excluding steroid dienone is 8. The Kier molecular flexibility index (Phi) is 43.3. The van der Waals surface area contributed by atoms with Crippen molar-refractivity contribution in [1.29, 1.82) is 0 Å². The summed E-state index contributed by atoms with van der Waals surface area (Å²) < 4.78 is 33.5. The zero-order valence-electron chi connectivity index (χ0n) is 36.4. The number of esters is 1. The van der Waals surface area contributed by atoms with Crippen LogP contribution in [-0.4, -0.2) is 49.9 Å². The van der Waals surface area contributed by atoms with Crippen LogP contribution in [0.2, 0.25) is 0 Å². The molecule has 0 aliphatic rings. The van der Waals surface area contributed by atoms with Crippen LogP contribution < -0.4 is 5.73 Å². The van der Waals surface area contributed by atoms with Crippen LogP contribution in [-0.2, 0) is 27.9 Å². The van der Waals surface area contributed by atoms with Crippen LogP contribution in [0.5, 0.6) is 0 Å². The number of hydrogen-bond donors (Lipinski definition) is 2. The molecule has 0 heterocycles. The van der Waals surface area contributed by atoms with Gasteiger partial charge in [-0.15, -0.1) is 0 Å². The van der Waals surface area contributed by atoms with E-state index in [1.54, 1.807) is 0 Å². The van der Waals surface area contributed by atoms with Crippen LogP contribution >= 0.6 is 7.82 Å². The van der Waals surface area contributed by atoms with Gasteiger partial charge in [0.15, 0.2) is 0 Å². The van der Waals surface area contributed by atoms with Gasteiger partial charge in [0.05, 0.1) is 19.8 Å². The second-order valence-electron chi connectivity index (χ2n) is 15.2. The second kappa shape index (κ2) is 44.6. The van der Waals surface area contributed by atoms with Crippen molar-refractivity contribution in [2.24, 2.45) is 5.73 Å². The molecule has 0 spiro atoms. The molecule has 0 aromatic carbocycles. The Hall–Kier alpha value is -1.54. The maximum absolute atomic E-state index is 12.6. The summed E-state index contributed by atoms with van der Waals surface area (Å²) in [7, 11) is -4.28. The van der Waals surface area contributed by atoms with Gasteiger partial charge < -0.3 is 20.1 Å². The molecule has 0 saturated heterocycles. The van der Waals surface area contributed by atoms with E-state index in [4.69, 9.17) is 24.3 Å².